The summed E-state index contributed by atoms with van der Waals surface area (Å²) >= 11 is 0. The van der Waals surface area contributed by atoms with Crippen LogP contribution in [0.1, 0.15) is 58.2 Å². The number of amides is 1. The van der Waals surface area contributed by atoms with E-state index in [0.717, 1.165) is 18.1 Å². The molecule has 1 atom stereocenters. The molecule has 3 fully saturated rings. The van der Waals surface area contributed by atoms with E-state index in [1.165, 1.54) is 6.07 Å². The van der Waals surface area contributed by atoms with Crippen molar-refractivity contribution in [2.45, 2.75) is 77.4 Å². The molecule has 0 unspecified atom stereocenters. The zero-order chi connectivity index (χ0) is 34.3. The van der Waals surface area contributed by atoms with Crippen molar-refractivity contribution in [3.8, 4) is 22.9 Å². The number of nitrogens with zero attached hydrogens (tertiary/aromatic N) is 4. The van der Waals surface area contributed by atoms with Gasteiger partial charge in [-0.15, -0.1) is 0 Å². The lowest BCUT2D eigenvalue weighted by Crippen LogP contribution is -2.65. The van der Waals surface area contributed by atoms with Crippen molar-refractivity contribution in [2.75, 3.05) is 37.7 Å². The van der Waals surface area contributed by atoms with Gasteiger partial charge in [0.1, 0.15) is 23.3 Å². The van der Waals surface area contributed by atoms with Crippen molar-refractivity contribution in [3.63, 3.8) is 0 Å². The topological polar surface area (TPSA) is 89.1 Å². The van der Waals surface area contributed by atoms with Gasteiger partial charge in [-0.3, -0.25) is 0 Å². The van der Waals surface area contributed by atoms with Gasteiger partial charge in [0.05, 0.1) is 29.1 Å². The highest BCUT2D eigenvalue weighted by molar-refractivity contribution is 5.68. The summed E-state index contributed by atoms with van der Waals surface area (Å²) in [7, 11) is 0. The zero-order valence-corrected chi connectivity index (χ0v) is 27.6. The molecule has 2 aliphatic heterocycles. The summed E-state index contributed by atoms with van der Waals surface area (Å²) in [5.74, 6) is 0.187. The quantitative estimate of drug-likeness (QED) is 0.247. The second kappa shape index (κ2) is 13.1. The Morgan fingerprint density at radius 2 is 1.88 bits per heavy atom. The molecule has 1 amide bonds. The van der Waals surface area contributed by atoms with Crippen LogP contribution in [0.2, 0.25) is 0 Å². The van der Waals surface area contributed by atoms with E-state index >= 15 is 0 Å². The predicted molar refractivity (Wildman–Crippen MR) is 171 cm³/mol. The molecule has 258 valence electrons. The molecule has 1 aromatic carbocycles. The van der Waals surface area contributed by atoms with Crippen molar-refractivity contribution >= 4 is 11.8 Å². The van der Waals surface area contributed by atoms with Crippen LogP contribution >= 0.6 is 0 Å². The molecule has 13 heteroatoms. The number of aromatic nitrogens is 2. The minimum absolute atomic E-state index is 0.00557. The Kier molecular flexibility index (Phi) is 9.18. The molecule has 3 aliphatic rings. The first-order valence-corrected chi connectivity index (χ1v) is 16.3. The summed E-state index contributed by atoms with van der Waals surface area (Å²) in [5.41, 5.74) is 0.446. The molecular weight excluding hydrogens is 630 g/mol. The Labute approximate surface area is 277 Å². The van der Waals surface area contributed by atoms with Crippen LogP contribution in [0, 0.1) is 11.2 Å². The zero-order valence-electron chi connectivity index (χ0n) is 27.6. The highest BCUT2D eigenvalue weighted by Crippen LogP contribution is 2.52. The van der Waals surface area contributed by atoms with Crippen molar-refractivity contribution in [1.82, 2.24) is 20.2 Å². The molecule has 9 nitrogen and oxygen atoms in total. The molecular formula is C35H41F4N5O4. The molecule has 48 heavy (non-hydrogen) atoms. The third-order valence-electron chi connectivity index (χ3n) is 8.93. The van der Waals surface area contributed by atoms with Gasteiger partial charge in [-0.1, -0.05) is 0 Å². The van der Waals surface area contributed by atoms with E-state index in [4.69, 9.17) is 19.2 Å². The molecule has 2 saturated heterocycles. The number of alkyl halides is 3. The monoisotopic (exact) mass is 671 g/mol. The lowest BCUT2D eigenvalue weighted by Gasteiger charge is -2.59. The van der Waals surface area contributed by atoms with Crippen LogP contribution in [0.5, 0.6) is 11.6 Å². The normalized spacial score (nSPS) is 19.2. The summed E-state index contributed by atoms with van der Waals surface area (Å²) in [6.45, 7) is 10.2. The number of carbonyl (C=O) groups excluding carboxylic acids is 1. The van der Waals surface area contributed by atoms with Gasteiger partial charge in [-0.05, 0) is 89.4 Å². The second-order valence-corrected chi connectivity index (χ2v) is 13.9. The van der Waals surface area contributed by atoms with Crippen LogP contribution in [0.25, 0.3) is 11.3 Å². The highest BCUT2D eigenvalue weighted by Gasteiger charge is 2.54. The molecule has 3 aromatic rings. The lowest BCUT2D eigenvalue weighted by molar-refractivity contribution is -0.137. The van der Waals surface area contributed by atoms with E-state index in [-0.39, 0.29) is 29.3 Å². The second-order valence-electron chi connectivity index (χ2n) is 13.9. The molecule has 0 bridgehead atoms. The molecule has 1 aliphatic carbocycles. The Morgan fingerprint density at radius 3 is 2.58 bits per heavy atom. The number of pyridine rings is 2. The van der Waals surface area contributed by atoms with Gasteiger partial charge in [0, 0.05) is 56.1 Å². The molecule has 0 radical (unpaired) electrons. The van der Waals surface area contributed by atoms with Crippen LogP contribution in [0.4, 0.5) is 28.0 Å². The third kappa shape index (κ3) is 7.45. The van der Waals surface area contributed by atoms with E-state index in [1.54, 1.807) is 16.0 Å². The van der Waals surface area contributed by atoms with Crippen LogP contribution in [0.15, 0.2) is 48.7 Å². The lowest BCUT2D eigenvalue weighted by atomic mass is 9.61. The molecule has 6 rings (SSSR count). The number of nitrogens with one attached hydrogen (secondary N) is 1. The fourth-order valence-electron chi connectivity index (χ4n) is 6.74. The number of carbonyl (C=O) groups is 1. The molecule has 1 spiro atoms. The number of halogens is 4. The SMILES string of the molecule is CCOc1ncccc1-c1ccc(OC2CC3(C2)CN(c2ccc(F)cc2C(F)(F)F)C3)c(CN[C@@H]2CCN(C(=O)OC(C)(C)C)C2)n1. The van der Waals surface area contributed by atoms with E-state index in [1.807, 2.05) is 52.0 Å². The van der Waals surface area contributed by atoms with Gasteiger partial charge < -0.3 is 29.3 Å². The van der Waals surface area contributed by atoms with E-state index in [0.29, 0.717) is 81.3 Å². The largest absolute Gasteiger partial charge is 0.488 e. The summed E-state index contributed by atoms with van der Waals surface area (Å²) in [5, 5.41) is 3.53. The predicted octanol–water partition coefficient (Wildman–Crippen LogP) is 6.85. The number of hydrogen-bond acceptors (Lipinski definition) is 8. The van der Waals surface area contributed by atoms with Crippen molar-refractivity contribution < 1.29 is 36.6 Å². The van der Waals surface area contributed by atoms with Crippen molar-refractivity contribution in [1.29, 1.82) is 0 Å². The maximum Gasteiger partial charge on any atom is 0.418 e. The number of ether oxygens (including phenoxy) is 3. The Morgan fingerprint density at radius 1 is 1.10 bits per heavy atom. The molecule has 2 aromatic heterocycles. The smallest absolute Gasteiger partial charge is 0.418 e. The van der Waals surface area contributed by atoms with E-state index in [9.17, 15) is 22.4 Å². The number of hydrogen-bond donors (Lipinski definition) is 1. The fourth-order valence-corrected chi connectivity index (χ4v) is 6.74. The van der Waals surface area contributed by atoms with Crippen molar-refractivity contribution in [3.05, 3.63) is 65.7 Å². The van der Waals surface area contributed by atoms with E-state index in [2.05, 4.69) is 10.3 Å². The fraction of sp³-hybridized carbons (Fsp3) is 0.514. The minimum atomic E-state index is -4.64. The highest BCUT2D eigenvalue weighted by atomic mass is 19.4. The Bertz CT molecular complexity index is 1630. The maximum absolute atomic E-state index is 13.6. The number of anilines is 1. The van der Waals surface area contributed by atoms with Crippen molar-refractivity contribution in [2.24, 2.45) is 5.41 Å². The van der Waals surface area contributed by atoms with E-state index < -0.39 is 23.2 Å². The van der Waals surface area contributed by atoms with Gasteiger partial charge in [-0.25, -0.2) is 19.2 Å². The first-order chi connectivity index (χ1) is 22.7. The average Bonchev–Trinajstić information content (AvgIpc) is 3.46. The van der Waals surface area contributed by atoms with Crippen LogP contribution in [-0.2, 0) is 17.5 Å². The number of rotatable bonds is 9. The Hall–Kier alpha value is -4.13. The van der Waals surface area contributed by atoms with Crippen LogP contribution in [-0.4, -0.2) is 71.5 Å². The average molecular weight is 672 g/mol. The molecule has 4 heterocycles. The Balaban J connectivity index is 1.13. The summed E-state index contributed by atoms with van der Waals surface area (Å²) < 4.78 is 72.2. The summed E-state index contributed by atoms with van der Waals surface area (Å²) in [4.78, 5) is 25.3. The summed E-state index contributed by atoms with van der Waals surface area (Å²) in [6, 6.07) is 10.3. The molecule has 1 N–H and O–H groups in total. The number of likely N-dealkylation sites (tertiary alicyclic amines) is 1. The maximum atomic E-state index is 13.6. The van der Waals surface area contributed by atoms with Gasteiger partial charge in [0.15, 0.2) is 0 Å². The van der Waals surface area contributed by atoms with Crippen LogP contribution < -0.4 is 19.7 Å². The third-order valence-corrected chi connectivity index (χ3v) is 8.93. The van der Waals surface area contributed by atoms with Gasteiger partial charge in [-0.2, -0.15) is 13.2 Å². The summed E-state index contributed by atoms with van der Waals surface area (Å²) in [6.07, 6.45) is -1.30. The molecule has 1 saturated carbocycles. The first kappa shape index (κ1) is 33.8. The van der Waals surface area contributed by atoms with Gasteiger partial charge in [0.2, 0.25) is 5.88 Å². The van der Waals surface area contributed by atoms with Crippen LogP contribution in [0.3, 0.4) is 0 Å². The first-order valence-electron chi connectivity index (χ1n) is 16.3. The minimum Gasteiger partial charge on any atom is -0.488 e. The number of benzene rings is 1. The van der Waals surface area contributed by atoms with Gasteiger partial charge >= 0.3 is 12.3 Å². The standard InChI is InChI=1S/C35H41F4N5O4/c1-5-46-31-25(7-6-13-40-31)27-9-11-30(28(42-27)18-41-23-12-14-43(19-23)32(45)48-33(2,3)4)47-24-16-34(17-24)20-44(21-34)29-10-8-22(36)15-26(29)35(37,38)39/h6-11,13,15,23-24,41H,5,12,14,16-21H2,1-4H3/t23-/m1/s1. The van der Waals surface area contributed by atoms with Gasteiger partial charge in [0.25, 0.3) is 0 Å².